The minimum Gasteiger partial charge on any atom is -0.393 e. The molecule has 2 aliphatic carbocycles. The summed E-state index contributed by atoms with van der Waals surface area (Å²) in [5.41, 5.74) is 1.53. The monoisotopic (exact) mass is 222 g/mol. The van der Waals surface area contributed by atoms with Crippen LogP contribution in [0.15, 0.2) is 12.2 Å². The van der Waals surface area contributed by atoms with E-state index in [0.29, 0.717) is 11.8 Å². The Morgan fingerprint density at radius 2 is 2.00 bits per heavy atom. The molecule has 0 unspecified atom stereocenters. The summed E-state index contributed by atoms with van der Waals surface area (Å²) >= 11 is 0. The summed E-state index contributed by atoms with van der Waals surface area (Å²) in [5, 5.41) is 10.3. The van der Waals surface area contributed by atoms with Crippen molar-refractivity contribution in [1.29, 1.82) is 0 Å². The van der Waals surface area contributed by atoms with Crippen molar-refractivity contribution in [1.82, 2.24) is 0 Å². The van der Waals surface area contributed by atoms with E-state index in [1.165, 1.54) is 31.3 Å². The Hall–Kier alpha value is -0.300. The Labute approximate surface area is 99.9 Å². The minimum absolute atomic E-state index is 0.0697. The molecule has 2 aliphatic rings. The van der Waals surface area contributed by atoms with Gasteiger partial charge in [0, 0.05) is 0 Å². The molecule has 0 aromatic carbocycles. The van der Waals surface area contributed by atoms with Crippen LogP contribution in [-0.4, -0.2) is 11.2 Å². The third-order valence-corrected chi connectivity index (χ3v) is 5.46. The molecule has 0 radical (unpaired) electrons. The molecular formula is C15H26O. The van der Waals surface area contributed by atoms with Gasteiger partial charge in [0.1, 0.15) is 0 Å². The molecular weight excluding hydrogens is 196 g/mol. The van der Waals surface area contributed by atoms with Crippen molar-refractivity contribution in [3.8, 4) is 0 Å². The summed E-state index contributed by atoms with van der Waals surface area (Å²) in [5.74, 6) is 2.17. The highest BCUT2D eigenvalue weighted by molar-refractivity contribution is 5.06. The number of rotatable bonds is 1. The van der Waals surface area contributed by atoms with Gasteiger partial charge in [-0.1, -0.05) is 26.0 Å². The van der Waals surface area contributed by atoms with Crippen molar-refractivity contribution in [3.63, 3.8) is 0 Å². The van der Waals surface area contributed by atoms with E-state index in [1.54, 1.807) is 0 Å². The van der Waals surface area contributed by atoms with Crippen molar-refractivity contribution in [2.45, 2.75) is 59.0 Å². The maximum Gasteiger partial charge on any atom is 0.0596 e. The summed E-state index contributed by atoms with van der Waals surface area (Å²) in [4.78, 5) is 0. The number of hydrogen-bond acceptors (Lipinski definition) is 1. The second-order valence-corrected chi connectivity index (χ2v) is 6.50. The molecule has 2 rings (SSSR count). The fourth-order valence-corrected chi connectivity index (χ4v) is 4.06. The van der Waals surface area contributed by atoms with Crippen LogP contribution in [0.2, 0.25) is 0 Å². The second-order valence-electron chi connectivity index (χ2n) is 6.50. The number of allylic oxidation sites excluding steroid dienone is 1. The zero-order valence-electron chi connectivity index (χ0n) is 11.0. The number of fused-ring (bicyclic) bond motifs is 1. The van der Waals surface area contributed by atoms with E-state index >= 15 is 0 Å². The van der Waals surface area contributed by atoms with Gasteiger partial charge in [-0.25, -0.2) is 0 Å². The Morgan fingerprint density at radius 1 is 1.31 bits per heavy atom. The molecule has 0 saturated heterocycles. The largest absolute Gasteiger partial charge is 0.393 e. The van der Waals surface area contributed by atoms with Crippen molar-refractivity contribution < 1.29 is 5.11 Å². The number of aliphatic hydroxyl groups excluding tert-OH is 1. The van der Waals surface area contributed by atoms with Crippen LogP contribution in [0.5, 0.6) is 0 Å². The van der Waals surface area contributed by atoms with E-state index in [0.717, 1.165) is 12.3 Å². The van der Waals surface area contributed by atoms with Crippen molar-refractivity contribution >= 4 is 0 Å². The Morgan fingerprint density at radius 3 is 2.62 bits per heavy atom. The van der Waals surface area contributed by atoms with Crippen LogP contribution in [0.25, 0.3) is 0 Å². The molecule has 2 fully saturated rings. The van der Waals surface area contributed by atoms with Gasteiger partial charge in [0.25, 0.3) is 0 Å². The molecule has 0 aromatic rings. The van der Waals surface area contributed by atoms with Crippen LogP contribution in [0.4, 0.5) is 0 Å². The number of aliphatic hydroxyl groups is 1. The molecule has 92 valence electrons. The van der Waals surface area contributed by atoms with Crippen molar-refractivity contribution in [2.24, 2.45) is 23.2 Å². The molecule has 0 spiro atoms. The number of hydrogen-bond donors (Lipinski definition) is 1. The van der Waals surface area contributed by atoms with Gasteiger partial charge in [-0.05, 0) is 62.2 Å². The fourth-order valence-electron chi connectivity index (χ4n) is 4.06. The third kappa shape index (κ3) is 1.84. The highest BCUT2D eigenvalue weighted by atomic mass is 16.3. The maximum atomic E-state index is 10.3. The zero-order valence-corrected chi connectivity index (χ0v) is 11.0. The normalized spacial score (nSPS) is 48.5. The second kappa shape index (κ2) is 4.18. The topological polar surface area (TPSA) is 20.2 Å². The van der Waals surface area contributed by atoms with Crippen molar-refractivity contribution in [2.75, 3.05) is 0 Å². The quantitative estimate of drug-likeness (QED) is 0.669. The van der Waals surface area contributed by atoms with E-state index in [4.69, 9.17) is 0 Å². The SMILES string of the molecule is C=C(C)[C@@H]1CC[C@@]2(C)[C@H](C1)[C@H](C)CC[C@@H]2O. The van der Waals surface area contributed by atoms with Crippen LogP contribution >= 0.6 is 0 Å². The molecule has 1 N–H and O–H groups in total. The molecule has 0 heterocycles. The van der Waals surface area contributed by atoms with E-state index < -0.39 is 0 Å². The molecule has 2 saturated carbocycles. The molecule has 0 aliphatic heterocycles. The molecule has 0 bridgehead atoms. The zero-order chi connectivity index (χ0) is 11.9. The van der Waals surface area contributed by atoms with Crippen LogP contribution in [0.3, 0.4) is 0 Å². The molecule has 0 amide bonds. The Kier molecular flexibility index (Phi) is 3.18. The molecule has 5 atom stereocenters. The summed E-state index contributed by atoms with van der Waals surface area (Å²) in [6.45, 7) is 11.0. The summed E-state index contributed by atoms with van der Waals surface area (Å²) < 4.78 is 0. The van der Waals surface area contributed by atoms with Gasteiger partial charge < -0.3 is 5.11 Å². The van der Waals surface area contributed by atoms with Crippen LogP contribution in [0, 0.1) is 23.2 Å². The lowest BCUT2D eigenvalue weighted by Crippen LogP contribution is -2.49. The first-order valence-corrected chi connectivity index (χ1v) is 6.78. The smallest absolute Gasteiger partial charge is 0.0596 e. The molecule has 1 nitrogen and oxygen atoms in total. The Balaban J connectivity index is 2.18. The molecule has 0 aromatic heterocycles. The van der Waals surface area contributed by atoms with Crippen LogP contribution in [0.1, 0.15) is 52.9 Å². The average Bonchev–Trinajstić information content (AvgIpc) is 2.24. The maximum absolute atomic E-state index is 10.3. The van der Waals surface area contributed by atoms with Crippen molar-refractivity contribution in [3.05, 3.63) is 12.2 Å². The van der Waals surface area contributed by atoms with Crippen LogP contribution < -0.4 is 0 Å². The van der Waals surface area contributed by atoms with Crippen LogP contribution in [-0.2, 0) is 0 Å². The van der Waals surface area contributed by atoms with Gasteiger partial charge in [0.2, 0.25) is 0 Å². The van der Waals surface area contributed by atoms with Gasteiger partial charge in [0.15, 0.2) is 0 Å². The summed E-state index contributed by atoms with van der Waals surface area (Å²) in [6.07, 6.45) is 5.80. The van der Waals surface area contributed by atoms with Gasteiger partial charge in [0.05, 0.1) is 6.10 Å². The van der Waals surface area contributed by atoms with E-state index in [9.17, 15) is 5.11 Å². The standard InChI is InChI=1S/C15H26O/c1-10(2)12-7-8-15(4)13(9-12)11(3)5-6-14(15)16/h11-14,16H,1,5-9H2,2-4H3/t11-,12-,13-,14+,15+/m1/s1. The van der Waals surface area contributed by atoms with E-state index in [2.05, 4.69) is 27.4 Å². The first-order chi connectivity index (χ1) is 7.45. The lowest BCUT2D eigenvalue weighted by Gasteiger charge is -2.53. The minimum atomic E-state index is -0.0697. The summed E-state index contributed by atoms with van der Waals surface area (Å²) in [6, 6.07) is 0. The average molecular weight is 222 g/mol. The van der Waals surface area contributed by atoms with Gasteiger partial charge in [-0.2, -0.15) is 0 Å². The van der Waals surface area contributed by atoms with Gasteiger partial charge >= 0.3 is 0 Å². The fraction of sp³-hybridized carbons (Fsp3) is 0.867. The molecule has 16 heavy (non-hydrogen) atoms. The van der Waals surface area contributed by atoms with E-state index in [1.807, 2.05) is 0 Å². The Bertz CT molecular complexity index is 283. The van der Waals surface area contributed by atoms with E-state index in [-0.39, 0.29) is 11.5 Å². The molecule has 1 heteroatoms. The van der Waals surface area contributed by atoms with Gasteiger partial charge in [-0.3, -0.25) is 0 Å². The van der Waals surface area contributed by atoms with Gasteiger partial charge in [-0.15, -0.1) is 0 Å². The highest BCUT2D eigenvalue weighted by Gasteiger charge is 2.49. The lowest BCUT2D eigenvalue weighted by molar-refractivity contribution is -0.0957. The lowest BCUT2D eigenvalue weighted by atomic mass is 9.53. The predicted octanol–water partition coefficient (Wildman–Crippen LogP) is 3.78. The highest BCUT2D eigenvalue weighted by Crippen LogP contribution is 2.54. The predicted molar refractivity (Wildman–Crippen MR) is 68.2 cm³/mol. The first kappa shape index (κ1) is 12.2. The summed E-state index contributed by atoms with van der Waals surface area (Å²) in [7, 11) is 0. The first-order valence-electron chi connectivity index (χ1n) is 6.78. The third-order valence-electron chi connectivity index (χ3n) is 5.46.